The lowest BCUT2D eigenvalue weighted by Gasteiger charge is -2.32. The van der Waals surface area contributed by atoms with Gasteiger partial charge in [0.25, 0.3) is 5.91 Å². The third-order valence-electron chi connectivity index (χ3n) is 5.80. The SMILES string of the molecule is CNC(=O)C1=CC(C(N)=O)(c2cnn(CCO)c2)CC2=C1OCC2c1ccccc1. The quantitative estimate of drug-likeness (QED) is 0.651. The highest BCUT2D eigenvalue weighted by Gasteiger charge is 2.48. The number of hydrogen-bond donors (Lipinski definition) is 3. The molecule has 2 aliphatic rings. The zero-order chi connectivity index (χ0) is 21.3. The first-order chi connectivity index (χ1) is 14.5. The molecule has 156 valence electrons. The van der Waals surface area contributed by atoms with Gasteiger partial charge in [0.2, 0.25) is 5.91 Å². The van der Waals surface area contributed by atoms with Crippen LogP contribution in [0.25, 0.3) is 0 Å². The van der Waals surface area contributed by atoms with E-state index in [0.29, 0.717) is 36.5 Å². The molecule has 0 bridgehead atoms. The highest BCUT2D eigenvalue weighted by atomic mass is 16.5. The fourth-order valence-electron chi connectivity index (χ4n) is 4.23. The van der Waals surface area contributed by atoms with E-state index in [1.165, 1.54) is 7.05 Å². The van der Waals surface area contributed by atoms with Crippen LogP contribution >= 0.6 is 0 Å². The number of aromatic nitrogens is 2. The zero-order valence-electron chi connectivity index (χ0n) is 16.7. The second-order valence-electron chi connectivity index (χ2n) is 7.49. The number of rotatable bonds is 6. The van der Waals surface area contributed by atoms with Crippen LogP contribution in [0.1, 0.15) is 23.5 Å². The molecule has 8 heteroatoms. The van der Waals surface area contributed by atoms with Crippen molar-refractivity contribution >= 4 is 11.8 Å². The molecule has 2 amide bonds. The molecule has 2 aromatic rings. The van der Waals surface area contributed by atoms with Crippen molar-refractivity contribution in [3.63, 3.8) is 0 Å². The summed E-state index contributed by atoms with van der Waals surface area (Å²) in [6, 6.07) is 9.85. The molecule has 0 spiro atoms. The van der Waals surface area contributed by atoms with Crippen LogP contribution in [0.2, 0.25) is 0 Å². The minimum Gasteiger partial charge on any atom is -0.492 e. The van der Waals surface area contributed by atoms with E-state index in [0.717, 1.165) is 11.1 Å². The zero-order valence-corrected chi connectivity index (χ0v) is 16.7. The average molecular weight is 408 g/mol. The number of carbonyl (C=O) groups excluding carboxylic acids is 2. The van der Waals surface area contributed by atoms with Crippen molar-refractivity contribution in [1.82, 2.24) is 15.1 Å². The van der Waals surface area contributed by atoms with Crippen LogP contribution in [-0.2, 0) is 26.3 Å². The number of nitrogens with two attached hydrogens (primary N) is 1. The normalized spacial score (nSPS) is 22.9. The van der Waals surface area contributed by atoms with Crippen LogP contribution in [-0.4, -0.2) is 47.0 Å². The largest absolute Gasteiger partial charge is 0.492 e. The van der Waals surface area contributed by atoms with Gasteiger partial charge in [0.1, 0.15) is 5.76 Å². The second kappa shape index (κ2) is 7.79. The average Bonchev–Trinajstić information content (AvgIpc) is 3.40. The Morgan fingerprint density at radius 1 is 1.37 bits per heavy atom. The Hall–Kier alpha value is -3.39. The molecule has 1 aromatic carbocycles. The van der Waals surface area contributed by atoms with E-state index >= 15 is 0 Å². The first-order valence-corrected chi connectivity index (χ1v) is 9.80. The summed E-state index contributed by atoms with van der Waals surface area (Å²) in [5.41, 5.74) is 7.48. The highest BCUT2D eigenvalue weighted by molar-refractivity contribution is 6.01. The Morgan fingerprint density at radius 3 is 2.80 bits per heavy atom. The summed E-state index contributed by atoms with van der Waals surface area (Å²) < 4.78 is 7.51. The first-order valence-electron chi connectivity index (χ1n) is 9.80. The van der Waals surface area contributed by atoms with Crippen LogP contribution in [0.4, 0.5) is 0 Å². The van der Waals surface area contributed by atoms with Crippen molar-refractivity contribution in [1.29, 1.82) is 0 Å². The van der Waals surface area contributed by atoms with Crippen molar-refractivity contribution in [2.45, 2.75) is 24.3 Å². The van der Waals surface area contributed by atoms with Crippen molar-refractivity contribution in [3.8, 4) is 0 Å². The van der Waals surface area contributed by atoms with Crippen LogP contribution in [0.3, 0.4) is 0 Å². The first kappa shape index (κ1) is 19.9. The monoisotopic (exact) mass is 408 g/mol. The Balaban J connectivity index is 1.85. The molecule has 4 N–H and O–H groups in total. The number of hydrogen-bond acceptors (Lipinski definition) is 5. The van der Waals surface area contributed by atoms with Gasteiger partial charge < -0.3 is 20.9 Å². The maximum Gasteiger partial charge on any atom is 0.254 e. The number of primary amides is 1. The molecule has 30 heavy (non-hydrogen) atoms. The Morgan fingerprint density at radius 2 is 2.13 bits per heavy atom. The fraction of sp³-hybridized carbons (Fsp3) is 0.318. The van der Waals surface area contributed by atoms with Gasteiger partial charge >= 0.3 is 0 Å². The van der Waals surface area contributed by atoms with Gasteiger partial charge in [-0.05, 0) is 23.6 Å². The maximum atomic E-state index is 12.8. The Labute approximate surface area is 174 Å². The van der Waals surface area contributed by atoms with Gasteiger partial charge in [-0.2, -0.15) is 5.10 Å². The van der Waals surface area contributed by atoms with E-state index in [9.17, 15) is 14.7 Å². The fourth-order valence-corrected chi connectivity index (χ4v) is 4.23. The van der Waals surface area contributed by atoms with Gasteiger partial charge in [0.15, 0.2) is 0 Å². The number of likely N-dealkylation sites (N-methyl/N-ethyl adjacent to an activating group) is 1. The van der Waals surface area contributed by atoms with Gasteiger partial charge in [-0.3, -0.25) is 14.3 Å². The van der Waals surface area contributed by atoms with Crippen LogP contribution in [0.5, 0.6) is 0 Å². The van der Waals surface area contributed by atoms with E-state index in [1.807, 2.05) is 30.3 Å². The number of aliphatic hydroxyl groups excluding tert-OH is 1. The van der Waals surface area contributed by atoms with Gasteiger partial charge in [-0.1, -0.05) is 30.3 Å². The van der Waals surface area contributed by atoms with E-state index in [-0.39, 0.29) is 18.4 Å². The molecule has 2 heterocycles. The lowest BCUT2D eigenvalue weighted by molar-refractivity contribution is -0.122. The van der Waals surface area contributed by atoms with Crippen LogP contribution in [0, 0.1) is 0 Å². The van der Waals surface area contributed by atoms with E-state index < -0.39 is 11.3 Å². The third kappa shape index (κ3) is 3.19. The molecule has 1 aromatic heterocycles. The molecule has 1 aliphatic heterocycles. The summed E-state index contributed by atoms with van der Waals surface area (Å²) in [5.74, 6) is -0.481. The molecule has 2 unspecified atom stereocenters. The summed E-state index contributed by atoms with van der Waals surface area (Å²) in [6.45, 7) is 0.607. The van der Waals surface area contributed by atoms with E-state index in [2.05, 4.69) is 10.4 Å². The van der Waals surface area contributed by atoms with Crippen molar-refractivity contribution in [2.24, 2.45) is 5.73 Å². The number of amides is 2. The number of ether oxygens (including phenoxy) is 1. The summed E-state index contributed by atoms with van der Waals surface area (Å²) >= 11 is 0. The smallest absolute Gasteiger partial charge is 0.254 e. The highest BCUT2D eigenvalue weighted by Crippen LogP contribution is 2.48. The van der Waals surface area contributed by atoms with E-state index in [4.69, 9.17) is 10.5 Å². The summed E-state index contributed by atoms with van der Waals surface area (Å²) in [4.78, 5) is 25.5. The predicted molar refractivity (Wildman–Crippen MR) is 109 cm³/mol. The third-order valence-corrected chi connectivity index (χ3v) is 5.80. The lowest BCUT2D eigenvalue weighted by atomic mass is 9.68. The van der Waals surface area contributed by atoms with Gasteiger partial charge in [0, 0.05) is 24.7 Å². The molecule has 0 radical (unpaired) electrons. The molecule has 0 fully saturated rings. The molecule has 0 saturated heterocycles. The van der Waals surface area contributed by atoms with Gasteiger partial charge in [0.05, 0.1) is 36.9 Å². The number of nitrogens with zero attached hydrogens (tertiary/aromatic N) is 2. The Kier molecular flexibility index (Phi) is 5.17. The molecular formula is C22H24N4O4. The second-order valence-corrected chi connectivity index (χ2v) is 7.49. The Bertz CT molecular complexity index is 1040. The minimum absolute atomic E-state index is 0.0801. The van der Waals surface area contributed by atoms with Crippen LogP contribution in [0.15, 0.2) is 65.7 Å². The van der Waals surface area contributed by atoms with Crippen molar-refractivity contribution < 1.29 is 19.4 Å². The summed E-state index contributed by atoms with van der Waals surface area (Å²) in [6.07, 6.45) is 5.15. The number of carbonyl (C=O) groups is 2. The predicted octanol–water partition coefficient (Wildman–Crippen LogP) is 0.743. The standard InChI is InChI=1S/C22H24N4O4/c1-24-20(28)17-10-22(21(23)29,15-11-25-26(12-15)7-8-27)9-16-18(13-30-19(16)17)14-5-3-2-4-6-14/h2-6,10-12,18,27H,7-9,13H2,1H3,(H2,23,29)(H,24,28). The molecule has 2 atom stereocenters. The van der Waals surface area contributed by atoms with Gasteiger partial charge in [-0.25, -0.2) is 0 Å². The summed E-state index contributed by atoms with van der Waals surface area (Å²) in [7, 11) is 1.53. The lowest BCUT2D eigenvalue weighted by Crippen LogP contribution is -2.43. The molecule has 4 rings (SSSR count). The minimum atomic E-state index is -1.24. The molecule has 8 nitrogen and oxygen atoms in total. The molecular weight excluding hydrogens is 384 g/mol. The van der Waals surface area contributed by atoms with Crippen molar-refractivity contribution in [3.05, 3.63) is 76.8 Å². The van der Waals surface area contributed by atoms with Crippen LogP contribution < -0.4 is 11.1 Å². The number of aliphatic hydroxyl groups is 1. The maximum absolute atomic E-state index is 12.8. The molecule has 1 aliphatic carbocycles. The number of nitrogens with one attached hydrogen (secondary N) is 1. The summed E-state index contributed by atoms with van der Waals surface area (Å²) in [5, 5.41) is 16.1. The topological polar surface area (TPSA) is 119 Å². The van der Waals surface area contributed by atoms with E-state index in [1.54, 1.807) is 23.2 Å². The van der Waals surface area contributed by atoms with Crippen molar-refractivity contribution in [2.75, 3.05) is 20.3 Å². The van der Waals surface area contributed by atoms with Gasteiger partial charge in [-0.15, -0.1) is 0 Å². The number of benzene rings is 1. The molecule has 0 saturated carbocycles.